The largest absolute Gasteiger partial charge is 0.346 e. The van der Waals surface area contributed by atoms with Crippen LogP contribution >= 0.6 is 0 Å². The normalized spacial score (nSPS) is 19.7. The smallest absolute Gasteiger partial charge is 0.246 e. The van der Waals surface area contributed by atoms with Crippen molar-refractivity contribution >= 4 is 21.1 Å². The van der Waals surface area contributed by atoms with Crippen molar-refractivity contribution in [3.63, 3.8) is 0 Å². The molecule has 1 aliphatic rings. The molecule has 0 unspecified atom stereocenters. The van der Waals surface area contributed by atoms with Crippen LogP contribution in [-0.4, -0.2) is 45.1 Å². The summed E-state index contributed by atoms with van der Waals surface area (Å²) in [7, 11) is -4.14. The van der Waals surface area contributed by atoms with E-state index in [1.807, 2.05) is 24.4 Å². The maximum Gasteiger partial charge on any atom is 0.246 e. The van der Waals surface area contributed by atoms with Crippen molar-refractivity contribution in [3.05, 3.63) is 66.6 Å². The quantitative estimate of drug-likeness (QED) is 0.494. The summed E-state index contributed by atoms with van der Waals surface area (Å²) < 4.78 is 57.1. The molecule has 10 heteroatoms. The summed E-state index contributed by atoms with van der Waals surface area (Å²) in [6, 6.07) is 8.01. The molecule has 5 rings (SSSR count). The highest BCUT2D eigenvalue weighted by Crippen LogP contribution is 2.32. The number of hydrogen-bond acceptors (Lipinski definition) is 4. The Bertz CT molecular complexity index is 1380. The molecular formula is C22H21F2N5O2S. The molecule has 0 amide bonds. The molecule has 1 saturated heterocycles. The number of nitrogens with one attached hydrogen (secondary N) is 1. The Kier molecular flexibility index (Phi) is 5.06. The van der Waals surface area contributed by atoms with Crippen molar-refractivity contribution in [1.29, 1.82) is 0 Å². The maximum absolute atomic E-state index is 14.2. The summed E-state index contributed by atoms with van der Waals surface area (Å²) in [6.07, 6.45) is 6.05. The summed E-state index contributed by atoms with van der Waals surface area (Å²) in [5.41, 5.74) is 3.49. The second-order valence-corrected chi connectivity index (χ2v) is 10.0. The first-order chi connectivity index (χ1) is 15.3. The molecule has 3 aromatic heterocycles. The Labute approximate surface area is 183 Å². The molecule has 1 aromatic carbocycles. The van der Waals surface area contributed by atoms with Crippen LogP contribution in [0, 0.1) is 17.6 Å². The average molecular weight is 458 g/mol. The SMILES string of the molecule is C[C@H]1C[C@H](Cn2ccc3nc(-c4cn[nH]c4)ccc32)CN1S(=O)(=O)c1cc(F)ccc1F. The van der Waals surface area contributed by atoms with Gasteiger partial charge in [0.05, 0.1) is 22.9 Å². The van der Waals surface area contributed by atoms with Crippen molar-refractivity contribution in [1.82, 2.24) is 24.1 Å². The number of halogens is 2. The first kappa shape index (κ1) is 20.8. The monoisotopic (exact) mass is 457 g/mol. The molecule has 0 saturated carbocycles. The Balaban J connectivity index is 1.37. The van der Waals surface area contributed by atoms with Crippen LogP contribution in [0.4, 0.5) is 8.78 Å². The van der Waals surface area contributed by atoms with Gasteiger partial charge in [0.25, 0.3) is 0 Å². The number of pyridine rings is 1. The summed E-state index contributed by atoms with van der Waals surface area (Å²) >= 11 is 0. The van der Waals surface area contributed by atoms with E-state index in [1.54, 1.807) is 19.3 Å². The Morgan fingerprint density at radius 1 is 1.19 bits per heavy atom. The molecule has 1 fully saturated rings. The molecule has 166 valence electrons. The van der Waals surface area contributed by atoms with Crippen LogP contribution in [0.2, 0.25) is 0 Å². The van der Waals surface area contributed by atoms with Crippen LogP contribution in [0.5, 0.6) is 0 Å². The number of aromatic nitrogens is 4. The van der Waals surface area contributed by atoms with Crippen LogP contribution in [0.25, 0.3) is 22.3 Å². The molecule has 0 aliphatic carbocycles. The van der Waals surface area contributed by atoms with E-state index in [-0.39, 0.29) is 18.5 Å². The first-order valence-electron chi connectivity index (χ1n) is 10.2. The van der Waals surface area contributed by atoms with Gasteiger partial charge in [0.15, 0.2) is 0 Å². The Morgan fingerprint density at radius 2 is 2.03 bits per heavy atom. The molecule has 0 radical (unpaired) electrons. The third kappa shape index (κ3) is 3.59. The van der Waals surface area contributed by atoms with E-state index in [0.29, 0.717) is 13.0 Å². The first-order valence-corrected chi connectivity index (χ1v) is 11.7. The minimum Gasteiger partial charge on any atom is -0.346 e. The second-order valence-electron chi connectivity index (χ2n) is 8.16. The van der Waals surface area contributed by atoms with Crippen LogP contribution in [0.3, 0.4) is 0 Å². The minimum absolute atomic E-state index is 0.0283. The number of nitrogens with zero attached hydrogens (tertiary/aromatic N) is 4. The van der Waals surface area contributed by atoms with Gasteiger partial charge in [-0.3, -0.25) is 5.10 Å². The van der Waals surface area contributed by atoms with Gasteiger partial charge < -0.3 is 4.57 Å². The fourth-order valence-corrected chi connectivity index (χ4v) is 6.24. The van der Waals surface area contributed by atoms with Gasteiger partial charge in [-0.1, -0.05) is 0 Å². The molecule has 32 heavy (non-hydrogen) atoms. The predicted octanol–water partition coefficient (Wildman–Crippen LogP) is 3.80. The molecule has 4 heterocycles. The standard InChI is InChI=1S/C22H21F2N5O2S/c1-14-8-15(13-29(14)32(30,31)22-9-17(23)2-3-18(22)24)12-28-7-6-20-21(28)5-4-19(27-20)16-10-25-26-11-16/h2-7,9-11,14-15H,8,12-13H2,1H3,(H,25,26)/t14-,15+/m0/s1. The number of fused-ring (bicyclic) bond motifs is 1. The number of aromatic amines is 1. The van der Waals surface area contributed by atoms with E-state index < -0.39 is 26.6 Å². The van der Waals surface area contributed by atoms with Crippen molar-refractivity contribution in [2.75, 3.05) is 6.54 Å². The number of rotatable bonds is 5. The summed E-state index contributed by atoms with van der Waals surface area (Å²) in [5.74, 6) is -1.70. The van der Waals surface area contributed by atoms with E-state index in [9.17, 15) is 17.2 Å². The molecule has 1 N–H and O–H groups in total. The van der Waals surface area contributed by atoms with E-state index in [4.69, 9.17) is 0 Å². The summed E-state index contributed by atoms with van der Waals surface area (Å²) in [6.45, 7) is 2.62. The summed E-state index contributed by atoms with van der Waals surface area (Å²) in [4.78, 5) is 4.06. The number of H-pyrrole nitrogens is 1. The lowest BCUT2D eigenvalue weighted by Gasteiger charge is -2.21. The second kappa shape index (κ2) is 7.79. The van der Waals surface area contributed by atoms with Gasteiger partial charge in [-0.05, 0) is 55.7 Å². The highest BCUT2D eigenvalue weighted by Gasteiger charge is 2.39. The fourth-order valence-electron chi connectivity index (χ4n) is 4.44. The van der Waals surface area contributed by atoms with Gasteiger partial charge in [0.2, 0.25) is 10.0 Å². The molecular weight excluding hydrogens is 436 g/mol. The molecule has 0 spiro atoms. The van der Waals surface area contributed by atoms with Crippen LogP contribution in [0.15, 0.2) is 59.9 Å². The Hall–Kier alpha value is -3.11. The van der Waals surface area contributed by atoms with Gasteiger partial charge in [-0.2, -0.15) is 9.40 Å². The number of hydrogen-bond donors (Lipinski definition) is 1. The molecule has 7 nitrogen and oxygen atoms in total. The van der Waals surface area contributed by atoms with E-state index >= 15 is 0 Å². The van der Waals surface area contributed by atoms with Crippen molar-refractivity contribution in [2.24, 2.45) is 5.92 Å². The molecule has 0 bridgehead atoms. The zero-order chi connectivity index (χ0) is 22.5. The third-order valence-corrected chi connectivity index (χ3v) is 7.95. The number of benzene rings is 1. The van der Waals surface area contributed by atoms with E-state index in [0.717, 1.165) is 40.5 Å². The van der Waals surface area contributed by atoms with Crippen LogP contribution in [0.1, 0.15) is 13.3 Å². The van der Waals surface area contributed by atoms with Gasteiger partial charge in [-0.25, -0.2) is 22.2 Å². The van der Waals surface area contributed by atoms with E-state index in [1.165, 1.54) is 4.31 Å². The highest BCUT2D eigenvalue weighted by atomic mass is 32.2. The highest BCUT2D eigenvalue weighted by molar-refractivity contribution is 7.89. The number of sulfonamides is 1. The summed E-state index contributed by atoms with van der Waals surface area (Å²) in [5, 5.41) is 6.73. The fraction of sp³-hybridized carbons (Fsp3) is 0.273. The molecule has 4 aromatic rings. The Morgan fingerprint density at radius 3 is 2.81 bits per heavy atom. The van der Waals surface area contributed by atoms with Crippen LogP contribution in [-0.2, 0) is 16.6 Å². The van der Waals surface area contributed by atoms with E-state index in [2.05, 4.69) is 19.7 Å². The molecule has 2 atom stereocenters. The zero-order valence-corrected chi connectivity index (χ0v) is 18.1. The van der Waals surface area contributed by atoms with Crippen LogP contribution < -0.4 is 0 Å². The topological polar surface area (TPSA) is 83.9 Å². The van der Waals surface area contributed by atoms with Gasteiger partial charge >= 0.3 is 0 Å². The lowest BCUT2D eigenvalue weighted by molar-refractivity contribution is 0.396. The van der Waals surface area contributed by atoms with Gasteiger partial charge in [-0.15, -0.1) is 0 Å². The van der Waals surface area contributed by atoms with Gasteiger partial charge in [0.1, 0.15) is 16.5 Å². The maximum atomic E-state index is 14.2. The van der Waals surface area contributed by atoms with Crippen molar-refractivity contribution in [3.8, 4) is 11.3 Å². The van der Waals surface area contributed by atoms with Crippen molar-refractivity contribution in [2.45, 2.75) is 30.8 Å². The lowest BCUT2D eigenvalue weighted by atomic mass is 10.1. The third-order valence-electron chi connectivity index (χ3n) is 5.96. The van der Waals surface area contributed by atoms with Crippen molar-refractivity contribution < 1.29 is 17.2 Å². The van der Waals surface area contributed by atoms with Gasteiger partial charge in [0, 0.05) is 37.1 Å². The average Bonchev–Trinajstić information content (AvgIpc) is 3.50. The molecule has 1 aliphatic heterocycles. The predicted molar refractivity (Wildman–Crippen MR) is 115 cm³/mol. The zero-order valence-electron chi connectivity index (χ0n) is 17.2. The minimum atomic E-state index is -4.14. The lowest BCUT2D eigenvalue weighted by Crippen LogP contribution is -2.34.